The Morgan fingerprint density at radius 3 is 2.42 bits per heavy atom. The van der Waals surface area contributed by atoms with Gasteiger partial charge >= 0.3 is 0 Å². The van der Waals surface area contributed by atoms with Gasteiger partial charge in [0.15, 0.2) is 0 Å². The first kappa shape index (κ1) is 18.5. The number of amides is 1. The molecule has 8 heteroatoms. The summed E-state index contributed by atoms with van der Waals surface area (Å²) in [6, 6.07) is 12.4. The van der Waals surface area contributed by atoms with E-state index in [0.29, 0.717) is 11.3 Å². The van der Waals surface area contributed by atoms with Crippen molar-refractivity contribution in [2.24, 2.45) is 0 Å². The summed E-state index contributed by atoms with van der Waals surface area (Å²) >= 11 is 0. The molecule has 0 radical (unpaired) electrons. The van der Waals surface area contributed by atoms with Gasteiger partial charge in [0, 0.05) is 6.07 Å². The lowest BCUT2D eigenvalue weighted by molar-refractivity contribution is -0.384. The number of nitrogens with one attached hydrogen (secondary N) is 1. The molecule has 0 saturated carbocycles. The molecule has 0 unspecified atom stereocenters. The van der Waals surface area contributed by atoms with Crippen molar-refractivity contribution >= 4 is 23.4 Å². The summed E-state index contributed by atoms with van der Waals surface area (Å²) in [5.41, 5.74) is 0.567. The molecule has 0 spiro atoms. The summed E-state index contributed by atoms with van der Waals surface area (Å²) in [5.74, 6) is 0.116. The van der Waals surface area contributed by atoms with Gasteiger partial charge in [-0.1, -0.05) is 12.1 Å². The zero-order chi connectivity index (χ0) is 19.1. The number of nitriles is 1. The summed E-state index contributed by atoms with van der Waals surface area (Å²) in [5, 5.41) is 22.6. The number of carbonyl (C=O) groups is 1. The standard InChI is InChI=1S/C18H15N3O5/c1-25-15-6-3-12(4-7-15)9-13(11-19)18(22)20-16-8-5-14(21(23)24)10-17(16)26-2/h3-10H,1-2H3,(H,20,22)/b13-9+. The first-order chi connectivity index (χ1) is 12.5. The van der Waals surface area contributed by atoms with Crippen molar-refractivity contribution in [2.75, 3.05) is 19.5 Å². The van der Waals surface area contributed by atoms with Gasteiger partial charge in [0.2, 0.25) is 0 Å². The Morgan fingerprint density at radius 2 is 1.88 bits per heavy atom. The molecule has 0 heterocycles. The minimum atomic E-state index is -0.657. The average Bonchev–Trinajstić information content (AvgIpc) is 2.66. The number of rotatable bonds is 6. The topological polar surface area (TPSA) is 114 Å². The van der Waals surface area contributed by atoms with Crippen LogP contribution < -0.4 is 14.8 Å². The number of carbonyl (C=O) groups excluding carboxylic acids is 1. The summed E-state index contributed by atoms with van der Waals surface area (Å²) in [6.45, 7) is 0. The highest BCUT2D eigenvalue weighted by Gasteiger charge is 2.15. The quantitative estimate of drug-likeness (QED) is 0.369. The molecule has 0 aliphatic carbocycles. The Kier molecular flexibility index (Phi) is 5.90. The number of methoxy groups -OCH3 is 2. The minimum absolute atomic E-state index is 0.120. The molecule has 8 nitrogen and oxygen atoms in total. The molecule has 2 aromatic rings. The Morgan fingerprint density at radius 1 is 1.19 bits per heavy atom. The molecule has 0 aromatic heterocycles. The first-order valence-corrected chi connectivity index (χ1v) is 7.38. The van der Waals surface area contributed by atoms with Crippen molar-refractivity contribution < 1.29 is 19.2 Å². The highest BCUT2D eigenvalue weighted by atomic mass is 16.6. The van der Waals surface area contributed by atoms with Gasteiger partial charge in [-0.25, -0.2) is 0 Å². The van der Waals surface area contributed by atoms with E-state index in [1.54, 1.807) is 24.3 Å². The Labute approximate surface area is 149 Å². The van der Waals surface area contributed by atoms with Crippen LogP contribution >= 0.6 is 0 Å². The number of non-ortho nitro benzene ring substituents is 1. The molecule has 0 fully saturated rings. The third-order valence-corrected chi connectivity index (χ3v) is 3.44. The van der Waals surface area contributed by atoms with Crippen LogP contribution in [0.2, 0.25) is 0 Å². The van der Waals surface area contributed by atoms with E-state index >= 15 is 0 Å². The number of hydrogen-bond donors (Lipinski definition) is 1. The van der Waals surface area contributed by atoms with Crippen molar-refractivity contribution in [3.8, 4) is 17.6 Å². The zero-order valence-electron chi connectivity index (χ0n) is 14.1. The van der Waals surface area contributed by atoms with Gasteiger partial charge in [0.05, 0.1) is 30.9 Å². The van der Waals surface area contributed by atoms with Crippen molar-refractivity contribution in [1.29, 1.82) is 5.26 Å². The van der Waals surface area contributed by atoms with Crippen LogP contribution in [0.5, 0.6) is 11.5 Å². The second-order valence-electron chi connectivity index (χ2n) is 5.04. The number of nitro groups is 1. The SMILES string of the molecule is COc1ccc(/C=C(\C#N)C(=O)Nc2ccc([N+](=O)[O-])cc2OC)cc1. The Bertz CT molecular complexity index is 898. The van der Waals surface area contributed by atoms with E-state index in [0.717, 1.165) is 0 Å². The molecule has 26 heavy (non-hydrogen) atoms. The minimum Gasteiger partial charge on any atom is -0.497 e. The summed E-state index contributed by atoms with van der Waals surface area (Å²) < 4.78 is 10.1. The zero-order valence-corrected chi connectivity index (χ0v) is 14.1. The molecule has 0 atom stereocenters. The van der Waals surface area contributed by atoms with Gasteiger partial charge in [0.1, 0.15) is 23.1 Å². The molecule has 132 valence electrons. The summed E-state index contributed by atoms with van der Waals surface area (Å²) in [6.07, 6.45) is 1.42. The van der Waals surface area contributed by atoms with E-state index in [9.17, 15) is 20.2 Å². The molecule has 1 amide bonds. The summed E-state index contributed by atoms with van der Waals surface area (Å²) in [7, 11) is 2.86. The molecule has 0 saturated heterocycles. The third-order valence-electron chi connectivity index (χ3n) is 3.44. The van der Waals surface area contributed by atoms with E-state index in [1.807, 2.05) is 6.07 Å². The monoisotopic (exact) mass is 353 g/mol. The molecule has 1 N–H and O–H groups in total. The number of nitro benzene ring substituents is 1. The second kappa shape index (κ2) is 8.30. The molecule has 0 bridgehead atoms. The Balaban J connectivity index is 2.25. The predicted octanol–water partition coefficient (Wildman–Crippen LogP) is 3.16. The normalized spacial score (nSPS) is 10.6. The van der Waals surface area contributed by atoms with Gasteiger partial charge < -0.3 is 14.8 Å². The fourth-order valence-electron chi connectivity index (χ4n) is 2.10. The Hall–Kier alpha value is -3.86. The number of ether oxygens (including phenoxy) is 2. The van der Waals surface area contributed by atoms with Gasteiger partial charge in [-0.3, -0.25) is 14.9 Å². The van der Waals surface area contributed by atoms with E-state index < -0.39 is 10.8 Å². The lowest BCUT2D eigenvalue weighted by Crippen LogP contribution is -2.14. The van der Waals surface area contributed by atoms with Crippen LogP contribution in [-0.2, 0) is 4.79 Å². The third kappa shape index (κ3) is 4.36. The summed E-state index contributed by atoms with van der Waals surface area (Å²) in [4.78, 5) is 22.6. The second-order valence-corrected chi connectivity index (χ2v) is 5.04. The first-order valence-electron chi connectivity index (χ1n) is 7.38. The van der Waals surface area contributed by atoms with Crippen molar-refractivity contribution in [1.82, 2.24) is 0 Å². The molecule has 0 aliphatic rings. The lowest BCUT2D eigenvalue weighted by Gasteiger charge is -2.09. The number of hydrogen-bond acceptors (Lipinski definition) is 6. The van der Waals surface area contributed by atoms with Gasteiger partial charge in [0.25, 0.3) is 11.6 Å². The maximum absolute atomic E-state index is 12.3. The van der Waals surface area contributed by atoms with Crippen LogP contribution in [0.15, 0.2) is 48.0 Å². The van der Waals surface area contributed by atoms with E-state index in [-0.39, 0.29) is 22.7 Å². The molecular formula is C18H15N3O5. The van der Waals surface area contributed by atoms with Crippen LogP contribution in [0, 0.1) is 21.4 Å². The number of benzene rings is 2. The highest BCUT2D eigenvalue weighted by Crippen LogP contribution is 2.29. The predicted molar refractivity (Wildman–Crippen MR) is 94.9 cm³/mol. The van der Waals surface area contributed by atoms with Crippen molar-refractivity contribution in [2.45, 2.75) is 0 Å². The van der Waals surface area contributed by atoms with Gasteiger partial charge in [-0.15, -0.1) is 0 Å². The fourth-order valence-corrected chi connectivity index (χ4v) is 2.10. The smallest absolute Gasteiger partial charge is 0.273 e. The van der Waals surface area contributed by atoms with Crippen molar-refractivity contribution in [3.05, 3.63) is 63.7 Å². The molecule has 2 rings (SSSR count). The highest BCUT2D eigenvalue weighted by molar-refractivity contribution is 6.10. The maximum Gasteiger partial charge on any atom is 0.273 e. The fraction of sp³-hybridized carbons (Fsp3) is 0.111. The van der Waals surface area contributed by atoms with Gasteiger partial charge in [-0.2, -0.15) is 5.26 Å². The molecule has 2 aromatic carbocycles. The van der Waals surface area contributed by atoms with Crippen LogP contribution in [0.4, 0.5) is 11.4 Å². The van der Waals surface area contributed by atoms with E-state index in [4.69, 9.17) is 9.47 Å². The van der Waals surface area contributed by atoms with Crippen LogP contribution in [-0.4, -0.2) is 25.1 Å². The molecule has 0 aliphatic heterocycles. The average molecular weight is 353 g/mol. The van der Waals surface area contributed by atoms with E-state index in [1.165, 1.54) is 38.5 Å². The number of nitrogens with zero attached hydrogens (tertiary/aromatic N) is 2. The largest absolute Gasteiger partial charge is 0.497 e. The van der Waals surface area contributed by atoms with Crippen LogP contribution in [0.3, 0.4) is 0 Å². The number of anilines is 1. The van der Waals surface area contributed by atoms with E-state index in [2.05, 4.69) is 5.32 Å². The van der Waals surface area contributed by atoms with Gasteiger partial charge in [-0.05, 0) is 29.8 Å². The molecular weight excluding hydrogens is 338 g/mol. The van der Waals surface area contributed by atoms with Crippen LogP contribution in [0.1, 0.15) is 5.56 Å². The maximum atomic E-state index is 12.3. The van der Waals surface area contributed by atoms with Crippen molar-refractivity contribution in [3.63, 3.8) is 0 Å². The lowest BCUT2D eigenvalue weighted by atomic mass is 10.1. The van der Waals surface area contributed by atoms with Crippen LogP contribution in [0.25, 0.3) is 6.08 Å².